The number of anilines is 1. The van der Waals surface area contributed by atoms with Crippen molar-refractivity contribution in [2.24, 2.45) is 0 Å². The van der Waals surface area contributed by atoms with Crippen molar-refractivity contribution < 1.29 is 13.7 Å². The van der Waals surface area contributed by atoms with Crippen LogP contribution in [0.4, 0.5) is 11.4 Å². The Morgan fingerprint density at radius 3 is 1.97 bits per heavy atom. The fourth-order valence-corrected chi connectivity index (χ4v) is 4.02. The van der Waals surface area contributed by atoms with Crippen LogP contribution in [0.15, 0.2) is 36.4 Å². The molecule has 1 atom stereocenters. The van der Waals surface area contributed by atoms with Crippen molar-refractivity contribution in [3.63, 3.8) is 0 Å². The highest BCUT2D eigenvalue weighted by atomic mass is 32.2. The number of nitrogens with zero attached hydrogens (tertiary/aromatic N) is 1. The van der Waals surface area contributed by atoms with E-state index in [1.54, 1.807) is 0 Å². The fourth-order valence-electron chi connectivity index (χ4n) is 3.71. The Morgan fingerprint density at radius 1 is 0.871 bits per heavy atom. The van der Waals surface area contributed by atoms with Gasteiger partial charge < -0.3 is 14.4 Å². The fraction of sp³-hybridized carbons (Fsp3) is 0.600. The predicted molar refractivity (Wildman–Crippen MR) is 135 cm³/mol. The summed E-state index contributed by atoms with van der Waals surface area (Å²) in [7, 11) is 8.50. The summed E-state index contributed by atoms with van der Waals surface area (Å²) in [4.78, 5) is 3.53. The van der Waals surface area contributed by atoms with E-state index < -0.39 is 11.3 Å². The molecule has 1 unspecified atom stereocenters. The first kappa shape index (κ1) is 27.6. The first-order chi connectivity index (χ1) is 14.9. The second kappa shape index (κ2) is 16.2. The Balaban J connectivity index is 0.000000311. The number of benzene rings is 2. The molecule has 0 aliphatic carbocycles. The first-order valence-corrected chi connectivity index (χ1v) is 12.8. The van der Waals surface area contributed by atoms with Crippen molar-refractivity contribution in [1.29, 1.82) is 0 Å². The van der Waals surface area contributed by atoms with Gasteiger partial charge in [0.15, 0.2) is 0 Å². The monoisotopic (exact) mass is 449 g/mol. The van der Waals surface area contributed by atoms with Crippen LogP contribution in [0.5, 0.6) is 0 Å². The van der Waals surface area contributed by atoms with Crippen molar-refractivity contribution in [1.82, 2.24) is 4.72 Å². The summed E-state index contributed by atoms with van der Waals surface area (Å²) in [5.74, 6) is 0. The van der Waals surface area contributed by atoms with Crippen LogP contribution in [0.25, 0.3) is 10.8 Å². The molecule has 0 aliphatic heterocycles. The van der Waals surface area contributed by atoms with E-state index in [-0.39, 0.29) is 0 Å². The third-order valence-corrected chi connectivity index (χ3v) is 5.86. The second-order valence-electron chi connectivity index (χ2n) is 8.53. The van der Waals surface area contributed by atoms with Crippen molar-refractivity contribution in [2.45, 2.75) is 64.7 Å². The minimum Gasteiger partial charge on any atom is -0.760 e. The Kier molecular flexibility index (Phi) is 14.4. The third-order valence-electron chi connectivity index (χ3n) is 5.42. The van der Waals surface area contributed by atoms with Crippen molar-refractivity contribution >= 4 is 33.4 Å². The predicted octanol–water partition coefficient (Wildman–Crippen LogP) is 4.58. The van der Waals surface area contributed by atoms with Crippen LogP contribution in [0.1, 0.15) is 64.7 Å². The van der Waals surface area contributed by atoms with Crippen LogP contribution in [0, 0.1) is 0 Å². The molecule has 2 aromatic rings. The molecule has 176 valence electrons. The Morgan fingerprint density at radius 2 is 1.42 bits per heavy atom. The van der Waals surface area contributed by atoms with Crippen molar-refractivity contribution in [2.75, 3.05) is 39.6 Å². The molecule has 0 saturated heterocycles. The number of hydrogen-bond acceptors (Lipinski definition) is 3. The second-order valence-corrected chi connectivity index (χ2v) is 9.29. The third kappa shape index (κ3) is 11.1. The summed E-state index contributed by atoms with van der Waals surface area (Å²) < 4.78 is 22.6. The van der Waals surface area contributed by atoms with Crippen LogP contribution in [-0.4, -0.2) is 43.5 Å². The molecule has 0 amide bonds. The van der Waals surface area contributed by atoms with Gasteiger partial charge in [0.2, 0.25) is 0 Å². The topological polar surface area (TPSA) is 59.8 Å². The van der Waals surface area contributed by atoms with Crippen LogP contribution >= 0.6 is 0 Å². The zero-order chi connectivity index (χ0) is 23.1. The molecule has 0 spiro atoms. The van der Waals surface area contributed by atoms with Crippen molar-refractivity contribution in [3.8, 4) is 0 Å². The van der Waals surface area contributed by atoms with Gasteiger partial charge in [-0.25, -0.2) is 4.72 Å². The van der Waals surface area contributed by atoms with Crippen molar-refractivity contribution in [3.05, 3.63) is 36.4 Å². The zero-order valence-electron chi connectivity index (χ0n) is 20.2. The largest absolute Gasteiger partial charge is 0.760 e. The highest BCUT2D eigenvalue weighted by molar-refractivity contribution is 7.77. The molecule has 5 nitrogen and oxygen atoms in total. The van der Waals surface area contributed by atoms with E-state index in [2.05, 4.69) is 81.1 Å². The lowest BCUT2D eigenvalue weighted by molar-refractivity contribution is -0.785. The summed E-state index contributed by atoms with van der Waals surface area (Å²) in [5.41, 5.74) is 2.63. The van der Waals surface area contributed by atoms with Gasteiger partial charge in [-0.1, -0.05) is 76.5 Å². The maximum Gasteiger partial charge on any atom is 0.138 e. The number of hydrogen-bond donors (Lipinski definition) is 2. The smallest absolute Gasteiger partial charge is 0.138 e. The highest BCUT2D eigenvalue weighted by Crippen LogP contribution is 2.28. The summed E-state index contributed by atoms with van der Waals surface area (Å²) >= 11 is -2.08. The molecule has 0 bridgehead atoms. The van der Waals surface area contributed by atoms with Crippen LogP contribution in [-0.2, 0) is 11.3 Å². The summed E-state index contributed by atoms with van der Waals surface area (Å²) in [6.45, 7) is 2.82. The van der Waals surface area contributed by atoms with Crippen LogP contribution in [0.2, 0.25) is 0 Å². The molecule has 2 rings (SSSR count). The maximum atomic E-state index is 10.1. The molecule has 0 aromatic heterocycles. The Hall–Kier alpha value is -1.47. The molecule has 2 N–H and O–H groups in total. The first-order valence-electron chi connectivity index (χ1n) is 11.7. The molecule has 0 saturated carbocycles. The lowest BCUT2D eigenvalue weighted by Gasteiger charge is -2.17. The minimum absolute atomic E-state index is 0.589. The lowest BCUT2D eigenvalue weighted by Crippen LogP contribution is -3.00. The molecule has 0 heterocycles. The summed E-state index contributed by atoms with van der Waals surface area (Å²) in [5, 5.41) is 2.67. The van der Waals surface area contributed by atoms with Gasteiger partial charge >= 0.3 is 0 Å². The quantitative estimate of drug-likeness (QED) is 0.347. The van der Waals surface area contributed by atoms with Gasteiger partial charge in [0, 0.05) is 48.4 Å². The van der Waals surface area contributed by atoms with E-state index >= 15 is 0 Å². The standard InChI is InChI=1S/C14H18N2.C11H25NO2S/c1-15(2)13-9-5-8-12-11(13)7-6-10-14(12)16(3)4;1-2-3-4-5-6-7-8-9-10-11-12-15(13)14/h5-10H,1-4H3;12H,2-11H2,1H3,(H,13,14). The van der Waals surface area contributed by atoms with E-state index in [0.717, 1.165) is 12.8 Å². The maximum absolute atomic E-state index is 10.1. The van der Waals surface area contributed by atoms with E-state index in [1.807, 2.05) is 0 Å². The highest BCUT2D eigenvalue weighted by Gasteiger charge is 2.09. The number of quaternary nitrogens is 1. The van der Waals surface area contributed by atoms with Gasteiger partial charge in [0.25, 0.3) is 0 Å². The van der Waals surface area contributed by atoms with Gasteiger partial charge in [0.1, 0.15) is 5.69 Å². The normalized spacial score (nSPS) is 12.0. The van der Waals surface area contributed by atoms with E-state index in [9.17, 15) is 8.76 Å². The molecule has 6 heteroatoms. The average molecular weight is 450 g/mol. The SMILES string of the molecule is CCCCCCCCCCCNS(=O)[O-].CN(C)c1cccc2c([NH+](C)C)cccc12. The summed E-state index contributed by atoms with van der Waals surface area (Å²) in [6, 6.07) is 13.0. The Bertz CT molecular complexity index is 718. The van der Waals surface area contributed by atoms with Gasteiger partial charge in [0.05, 0.1) is 14.1 Å². The van der Waals surface area contributed by atoms with E-state index in [4.69, 9.17) is 0 Å². The van der Waals surface area contributed by atoms with Gasteiger partial charge in [-0.2, -0.15) is 0 Å². The van der Waals surface area contributed by atoms with Crippen LogP contribution < -0.4 is 14.5 Å². The van der Waals surface area contributed by atoms with E-state index in [1.165, 1.54) is 72.0 Å². The van der Waals surface area contributed by atoms with Gasteiger partial charge in [-0.05, 0) is 24.6 Å². The molecular formula is C25H43N3O2S. The number of unbranched alkanes of at least 4 members (excludes halogenated alkanes) is 8. The minimum atomic E-state index is -2.08. The van der Waals surface area contributed by atoms with E-state index in [0.29, 0.717) is 6.54 Å². The molecule has 0 radical (unpaired) electrons. The summed E-state index contributed by atoms with van der Waals surface area (Å²) in [6.07, 6.45) is 11.4. The molecule has 31 heavy (non-hydrogen) atoms. The lowest BCUT2D eigenvalue weighted by atomic mass is 10.1. The molecular weight excluding hydrogens is 406 g/mol. The zero-order valence-corrected chi connectivity index (χ0v) is 21.0. The average Bonchev–Trinajstić information content (AvgIpc) is 2.74. The molecule has 0 aliphatic rings. The molecule has 2 aromatic carbocycles. The number of rotatable bonds is 13. The number of nitrogens with one attached hydrogen (secondary N) is 2. The van der Waals surface area contributed by atoms with Gasteiger partial charge in [-0.3, -0.25) is 4.21 Å². The molecule has 0 fully saturated rings. The van der Waals surface area contributed by atoms with Crippen LogP contribution in [0.3, 0.4) is 0 Å². The van der Waals surface area contributed by atoms with Gasteiger partial charge in [-0.15, -0.1) is 0 Å². The Labute approximate surface area is 192 Å². The number of fused-ring (bicyclic) bond motifs is 1.